The molecule has 3 heterocycles. The van der Waals surface area contributed by atoms with Crippen LogP contribution in [0, 0.1) is 11.7 Å². The van der Waals surface area contributed by atoms with Crippen LogP contribution in [0.25, 0.3) is 5.57 Å². The topological polar surface area (TPSA) is 53.1 Å². The van der Waals surface area contributed by atoms with Gasteiger partial charge in [-0.15, -0.1) is 0 Å². The first-order valence-corrected chi connectivity index (χ1v) is 10.5. The molecule has 1 aromatic carbocycles. The Kier molecular flexibility index (Phi) is 5.96. The van der Waals surface area contributed by atoms with Crippen LogP contribution in [0.3, 0.4) is 0 Å². The highest BCUT2D eigenvalue weighted by atomic mass is 19.1. The lowest BCUT2D eigenvalue weighted by molar-refractivity contribution is -0.138. The number of rotatable bonds is 5. The second kappa shape index (κ2) is 8.63. The van der Waals surface area contributed by atoms with Gasteiger partial charge in [0.2, 0.25) is 0 Å². The lowest BCUT2D eigenvalue weighted by atomic mass is 9.98. The van der Waals surface area contributed by atoms with E-state index in [1.165, 1.54) is 17.0 Å². The Balaban J connectivity index is 1.61. The summed E-state index contributed by atoms with van der Waals surface area (Å²) in [6.45, 7) is 7.67. The Hall–Kier alpha value is -2.25. The van der Waals surface area contributed by atoms with Crippen molar-refractivity contribution in [1.82, 2.24) is 14.7 Å². The zero-order chi connectivity index (χ0) is 20.4. The van der Waals surface area contributed by atoms with E-state index >= 15 is 0 Å². The van der Waals surface area contributed by atoms with E-state index in [2.05, 4.69) is 16.7 Å². The van der Waals surface area contributed by atoms with E-state index in [-0.39, 0.29) is 17.6 Å². The van der Waals surface area contributed by atoms with Gasteiger partial charge in [-0.2, -0.15) is 0 Å². The summed E-state index contributed by atoms with van der Waals surface area (Å²) >= 11 is 0. The van der Waals surface area contributed by atoms with Gasteiger partial charge in [-0.05, 0) is 36.5 Å². The van der Waals surface area contributed by atoms with E-state index < -0.39 is 0 Å². The maximum atomic E-state index is 13.4. The minimum absolute atomic E-state index is 0.225. The first-order valence-electron chi connectivity index (χ1n) is 10.5. The average molecular weight is 401 g/mol. The number of halogens is 1. The van der Waals surface area contributed by atoms with Gasteiger partial charge in [0.25, 0.3) is 11.8 Å². The van der Waals surface area contributed by atoms with Crippen molar-refractivity contribution >= 4 is 17.4 Å². The predicted octanol–water partition coefficient (Wildman–Crippen LogP) is 1.97. The van der Waals surface area contributed by atoms with Gasteiger partial charge < -0.3 is 9.64 Å². The minimum Gasteiger partial charge on any atom is -0.379 e. The quantitative estimate of drug-likeness (QED) is 0.706. The Bertz CT molecular complexity index is 802. The Morgan fingerprint density at radius 2 is 1.76 bits per heavy atom. The molecule has 0 radical (unpaired) electrons. The van der Waals surface area contributed by atoms with Crippen LogP contribution >= 0.6 is 0 Å². The maximum absolute atomic E-state index is 13.4. The van der Waals surface area contributed by atoms with E-state index in [0.29, 0.717) is 49.1 Å². The summed E-state index contributed by atoms with van der Waals surface area (Å²) in [7, 11) is 0. The van der Waals surface area contributed by atoms with Gasteiger partial charge in [0.05, 0.1) is 18.8 Å². The van der Waals surface area contributed by atoms with Gasteiger partial charge in [0.1, 0.15) is 11.5 Å². The molecule has 0 saturated carbocycles. The molecule has 29 heavy (non-hydrogen) atoms. The zero-order valence-corrected chi connectivity index (χ0v) is 16.9. The summed E-state index contributed by atoms with van der Waals surface area (Å²) in [4.78, 5) is 32.3. The van der Waals surface area contributed by atoms with E-state index in [1.807, 2.05) is 0 Å². The Morgan fingerprint density at radius 1 is 1.03 bits per heavy atom. The summed E-state index contributed by atoms with van der Waals surface area (Å²) in [5, 5.41) is 0. The number of piperidine rings is 1. The number of amides is 2. The van der Waals surface area contributed by atoms with Gasteiger partial charge in [0.15, 0.2) is 0 Å². The third-order valence-electron chi connectivity index (χ3n) is 5.99. The fourth-order valence-electron chi connectivity index (χ4n) is 4.40. The lowest BCUT2D eigenvalue weighted by Gasteiger charge is -2.33. The molecule has 0 aromatic heterocycles. The van der Waals surface area contributed by atoms with Gasteiger partial charge in [-0.25, -0.2) is 4.39 Å². The fourth-order valence-corrected chi connectivity index (χ4v) is 4.40. The molecule has 3 aliphatic rings. The highest BCUT2D eigenvalue weighted by molar-refractivity contribution is 6.35. The van der Waals surface area contributed by atoms with Crippen LogP contribution in [0.4, 0.5) is 4.39 Å². The first kappa shape index (κ1) is 20.0. The average Bonchev–Trinajstić information content (AvgIpc) is 2.98. The maximum Gasteiger partial charge on any atom is 0.277 e. The third kappa shape index (κ3) is 4.21. The number of likely N-dealkylation sites (tertiary alicyclic amines) is 1. The zero-order valence-electron chi connectivity index (χ0n) is 16.9. The number of nitrogens with zero attached hydrogens (tertiary/aromatic N) is 3. The molecule has 7 heteroatoms. The van der Waals surface area contributed by atoms with Gasteiger partial charge in [-0.3, -0.25) is 19.4 Å². The van der Waals surface area contributed by atoms with E-state index in [1.54, 1.807) is 12.1 Å². The Morgan fingerprint density at radius 3 is 2.45 bits per heavy atom. The SMILES string of the molecule is CC1CCCN(C2=C(c3ccc(F)cc3)C(=O)N(CCN3CCOCC3)C2=O)C1. The van der Waals surface area contributed by atoms with Crippen molar-refractivity contribution in [2.75, 3.05) is 52.5 Å². The number of hydrogen-bond acceptors (Lipinski definition) is 5. The van der Waals surface area contributed by atoms with Crippen molar-refractivity contribution in [2.45, 2.75) is 19.8 Å². The van der Waals surface area contributed by atoms with Crippen molar-refractivity contribution in [3.05, 3.63) is 41.3 Å². The van der Waals surface area contributed by atoms with Crippen LogP contribution in [0.5, 0.6) is 0 Å². The monoisotopic (exact) mass is 401 g/mol. The summed E-state index contributed by atoms with van der Waals surface area (Å²) in [6.07, 6.45) is 2.12. The van der Waals surface area contributed by atoms with E-state index in [0.717, 1.165) is 39.0 Å². The third-order valence-corrected chi connectivity index (χ3v) is 5.99. The molecule has 6 nitrogen and oxygen atoms in total. The number of carbonyl (C=O) groups excluding carboxylic acids is 2. The predicted molar refractivity (Wildman–Crippen MR) is 107 cm³/mol. The van der Waals surface area contributed by atoms with Crippen LogP contribution in [0.2, 0.25) is 0 Å². The number of morpholine rings is 1. The molecular weight excluding hydrogens is 373 g/mol. The van der Waals surface area contributed by atoms with Crippen molar-refractivity contribution in [3.63, 3.8) is 0 Å². The highest BCUT2D eigenvalue weighted by Crippen LogP contribution is 2.34. The summed E-state index contributed by atoms with van der Waals surface area (Å²) in [5.41, 5.74) is 1.49. The molecule has 0 bridgehead atoms. The molecule has 2 amide bonds. The van der Waals surface area contributed by atoms with E-state index in [9.17, 15) is 14.0 Å². The molecule has 0 spiro atoms. The molecule has 1 aromatic rings. The van der Waals surface area contributed by atoms with Crippen LogP contribution in [0.15, 0.2) is 30.0 Å². The lowest BCUT2D eigenvalue weighted by Crippen LogP contribution is -2.44. The number of imide groups is 1. The number of hydrogen-bond donors (Lipinski definition) is 0. The van der Waals surface area contributed by atoms with Gasteiger partial charge >= 0.3 is 0 Å². The summed E-state index contributed by atoms with van der Waals surface area (Å²) < 4.78 is 18.8. The second-order valence-electron chi connectivity index (χ2n) is 8.14. The van der Waals surface area contributed by atoms with Crippen LogP contribution in [-0.4, -0.2) is 79.0 Å². The molecule has 156 valence electrons. The molecule has 0 aliphatic carbocycles. The number of benzene rings is 1. The van der Waals surface area contributed by atoms with Crippen LogP contribution in [-0.2, 0) is 14.3 Å². The second-order valence-corrected chi connectivity index (χ2v) is 8.14. The smallest absolute Gasteiger partial charge is 0.277 e. The van der Waals surface area contributed by atoms with Crippen LogP contribution < -0.4 is 0 Å². The molecule has 1 atom stereocenters. The molecule has 2 fully saturated rings. The van der Waals surface area contributed by atoms with Crippen molar-refractivity contribution in [1.29, 1.82) is 0 Å². The van der Waals surface area contributed by atoms with Gasteiger partial charge in [0, 0.05) is 39.3 Å². The fraction of sp³-hybridized carbons (Fsp3) is 0.545. The number of ether oxygens (including phenoxy) is 1. The molecule has 0 N–H and O–H groups in total. The van der Waals surface area contributed by atoms with E-state index in [4.69, 9.17) is 4.74 Å². The van der Waals surface area contributed by atoms with Crippen LogP contribution in [0.1, 0.15) is 25.3 Å². The minimum atomic E-state index is -0.358. The van der Waals surface area contributed by atoms with Crippen molar-refractivity contribution in [2.24, 2.45) is 5.92 Å². The standard InChI is InChI=1S/C22H28FN3O3/c1-16-3-2-8-25(15-16)20-19(17-4-6-18(23)7-5-17)21(27)26(22(20)28)10-9-24-11-13-29-14-12-24/h4-7,16H,2-3,8-15H2,1H3. The van der Waals surface area contributed by atoms with Crippen molar-refractivity contribution in [3.8, 4) is 0 Å². The van der Waals surface area contributed by atoms with Crippen molar-refractivity contribution < 1.29 is 18.7 Å². The summed E-state index contributed by atoms with van der Waals surface area (Å²) in [6, 6.07) is 5.86. The number of carbonyl (C=O) groups is 2. The van der Waals surface area contributed by atoms with Gasteiger partial charge in [-0.1, -0.05) is 19.1 Å². The highest BCUT2D eigenvalue weighted by Gasteiger charge is 2.42. The molecule has 3 aliphatic heterocycles. The normalized spacial score (nSPS) is 24.0. The molecule has 1 unspecified atom stereocenters. The molecular formula is C22H28FN3O3. The summed E-state index contributed by atoms with van der Waals surface area (Å²) in [5.74, 6) is -0.390. The molecule has 2 saturated heterocycles. The largest absolute Gasteiger partial charge is 0.379 e. The molecule has 4 rings (SSSR count). The Labute approximate surface area is 170 Å². The first-order chi connectivity index (χ1) is 14.0.